The second-order valence-electron chi connectivity index (χ2n) is 2.79. The van der Waals surface area contributed by atoms with Gasteiger partial charge in [0.1, 0.15) is 6.04 Å². The summed E-state index contributed by atoms with van der Waals surface area (Å²) in [5.74, 6) is -0.497. The molecule has 0 radical (unpaired) electrons. The van der Waals surface area contributed by atoms with Crippen molar-refractivity contribution in [2.24, 2.45) is 5.73 Å². The van der Waals surface area contributed by atoms with Crippen LogP contribution in [0.5, 0.6) is 0 Å². The zero-order chi connectivity index (χ0) is 10.3. The fraction of sp³-hybridized carbons (Fsp3) is 0.750. The van der Waals surface area contributed by atoms with Crippen LogP contribution < -0.4 is 11.1 Å². The molecule has 0 fully saturated rings. The highest BCUT2D eigenvalue weighted by molar-refractivity contribution is 5.88. The van der Waals surface area contributed by atoms with E-state index in [1.165, 1.54) is 6.92 Å². The van der Waals surface area contributed by atoms with E-state index in [1.807, 2.05) is 0 Å². The van der Waals surface area contributed by atoms with Crippen molar-refractivity contribution in [1.82, 2.24) is 5.32 Å². The lowest BCUT2D eigenvalue weighted by atomic mass is 10.1. The molecule has 0 heterocycles. The van der Waals surface area contributed by atoms with Gasteiger partial charge in [0, 0.05) is 13.3 Å². The van der Waals surface area contributed by atoms with E-state index in [4.69, 9.17) is 10.8 Å². The van der Waals surface area contributed by atoms with Crippen molar-refractivity contribution in [3.05, 3.63) is 0 Å². The molecule has 0 aromatic carbocycles. The average molecular weight is 188 g/mol. The van der Waals surface area contributed by atoms with E-state index in [0.717, 1.165) is 0 Å². The monoisotopic (exact) mass is 188 g/mol. The van der Waals surface area contributed by atoms with Gasteiger partial charge in [-0.1, -0.05) is 0 Å². The van der Waals surface area contributed by atoms with E-state index in [0.29, 0.717) is 19.4 Å². The molecule has 5 heteroatoms. The smallest absolute Gasteiger partial charge is 0.217 e. The summed E-state index contributed by atoms with van der Waals surface area (Å²) in [7, 11) is 0. The SMILES string of the molecule is CC(=O)NC(CO)C(=O)CCCN. The van der Waals surface area contributed by atoms with E-state index in [-0.39, 0.29) is 18.3 Å². The molecule has 0 spiro atoms. The van der Waals surface area contributed by atoms with Gasteiger partial charge in [0.05, 0.1) is 6.61 Å². The van der Waals surface area contributed by atoms with Crippen LogP contribution in [0.2, 0.25) is 0 Å². The van der Waals surface area contributed by atoms with Crippen LogP contribution in [0.4, 0.5) is 0 Å². The highest BCUT2D eigenvalue weighted by atomic mass is 16.3. The molecule has 76 valence electrons. The number of ketones is 1. The number of hydrogen-bond donors (Lipinski definition) is 3. The van der Waals surface area contributed by atoms with E-state index >= 15 is 0 Å². The summed E-state index contributed by atoms with van der Waals surface area (Å²) in [4.78, 5) is 21.8. The zero-order valence-corrected chi connectivity index (χ0v) is 7.75. The number of nitrogens with two attached hydrogens (primary N) is 1. The van der Waals surface area contributed by atoms with Crippen LogP contribution in [0.15, 0.2) is 0 Å². The van der Waals surface area contributed by atoms with Crippen LogP contribution in [0.25, 0.3) is 0 Å². The number of aliphatic hydroxyl groups is 1. The van der Waals surface area contributed by atoms with E-state index < -0.39 is 6.04 Å². The van der Waals surface area contributed by atoms with Gasteiger partial charge in [0.25, 0.3) is 0 Å². The number of nitrogens with one attached hydrogen (secondary N) is 1. The average Bonchev–Trinajstić information content (AvgIpc) is 2.09. The van der Waals surface area contributed by atoms with Gasteiger partial charge >= 0.3 is 0 Å². The van der Waals surface area contributed by atoms with Crippen molar-refractivity contribution in [3.63, 3.8) is 0 Å². The topological polar surface area (TPSA) is 92.4 Å². The number of aliphatic hydroxyl groups excluding tert-OH is 1. The maximum atomic E-state index is 11.2. The molecule has 5 nitrogen and oxygen atoms in total. The predicted molar refractivity (Wildman–Crippen MR) is 48.0 cm³/mol. The van der Waals surface area contributed by atoms with Crippen LogP contribution in [0.3, 0.4) is 0 Å². The number of carbonyl (C=O) groups is 2. The summed E-state index contributed by atoms with van der Waals surface area (Å²) >= 11 is 0. The fourth-order valence-electron chi connectivity index (χ4n) is 0.924. The Hall–Kier alpha value is -0.940. The first-order valence-corrected chi connectivity index (χ1v) is 4.22. The molecule has 0 aliphatic rings. The highest BCUT2D eigenvalue weighted by Crippen LogP contribution is 1.94. The molecule has 1 atom stereocenters. The van der Waals surface area contributed by atoms with Gasteiger partial charge in [0.15, 0.2) is 5.78 Å². The molecule has 0 aliphatic carbocycles. The summed E-state index contributed by atoms with van der Waals surface area (Å²) in [6.45, 7) is 1.38. The van der Waals surface area contributed by atoms with Crippen LogP contribution >= 0.6 is 0 Å². The molecule has 0 aromatic heterocycles. The second kappa shape index (κ2) is 6.56. The van der Waals surface area contributed by atoms with Crippen LogP contribution in [-0.4, -0.2) is 36.0 Å². The summed E-state index contributed by atoms with van der Waals surface area (Å²) in [6.07, 6.45) is 0.872. The van der Waals surface area contributed by atoms with Crippen molar-refractivity contribution >= 4 is 11.7 Å². The lowest BCUT2D eigenvalue weighted by molar-refractivity contribution is -0.127. The Morgan fingerprint density at radius 2 is 2.15 bits per heavy atom. The highest BCUT2D eigenvalue weighted by Gasteiger charge is 2.16. The molecule has 4 N–H and O–H groups in total. The number of rotatable bonds is 6. The largest absolute Gasteiger partial charge is 0.394 e. The molecular weight excluding hydrogens is 172 g/mol. The number of amides is 1. The van der Waals surface area contributed by atoms with Crippen molar-refractivity contribution in [1.29, 1.82) is 0 Å². The van der Waals surface area contributed by atoms with Gasteiger partial charge in [-0.05, 0) is 13.0 Å². The third-order valence-electron chi connectivity index (χ3n) is 1.58. The van der Waals surface area contributed by atoms with Crippen LogP contribution in [-0.2, 0) is 9.59 Å². The quantitative estimate of drug-likeness (QED) is 0.487. The summed E-state index contributed by atoms with van der Waals surface area (Å²) in [6, 6.07) is -0.774. The predicted octanol–water partition coefficient (Wildman–Crippen LogP) is -1.21. The van der Waals surface area contributed by atoms with Gasteiger partial charge in [-0.3, -0.25) is 9.59 Å². The van der Waals surface area contributed by atoms with E-state index in [2.05, 4.69) is 5.32 Å². The van der Waals surface area contributed by atoms with Gasteiger partial charge in [-0.2, -0.15) is 0 Å². The second-order valence-corrected chi connectivity index (χ2v) is 2.79. The molecule has 0 bridgehead atoms. The first-order chi connectivity index (χ1) is 6.11. The lowest BCUT2D eigenvalue weighted by Gasteiger charge is -2.13. The Balaban J connectivity index is 3.92. The molecule has 0 saturated carbocycles. The van der Waals surface area contributed by atoms with Gasteiger partial charge in [-0.15, -0.1) is 0 Å². The molecule has 0 rings (SSSR count). The summed E-state index contributed by atoms with van der Waals surface area (Å²) < 4.78 is 0. The zero-order valence-electron chi connectivity index (χ0n) is 7.75. The van der Waals surface area contributed by atoms with E-state index in [9.17, 15) is 9.59 Å². The molecule has 13 heavy (non-hydrogen) atoms. The third kappa shape index (κ3) is 5.32. The molecule has 0 aromatic rings. The summed E-state index contributed by atoms with van der Waals surface area (Å²) in [5, 5.41) is 11.1. The maximum absolute atomic E-state index is 11.2. The minimum absolute atomic E-state index is 0.178. The van der Waals surface area contributed by atoms with Gasteiger partial charge < -0.3 is 16.2 Å². The Morgan fingerprint density at radius 1 is 1.54 bits per heavy atom. The van der Waals surface area contributed by atoms with E-state index in [1.54, 1.807) is 0 Å². The molecule has 0 saturated heterocycles. The standard InChI is InChI=1S/C8H16N2O3/c1-6(12)10-7(5-11)8(13)3-2-4-9/h7,11H,2-5,9H2,1H3,(H,10,12). The molecular formula is C8H16N2O3. The minimum Gasteiger partial charge on any atom is -0.394 e. The first-order valence-electron chi connectivity index (χ1n) is 4.22. The molecule has 1 unspecified atom stereocenters. The first kappa shape index (κ1) is 12.1. The van der Waals surface area contributed by atoms with Crippen molar-refractivity contribution in [2.75, 3.05) is 13.2 Å². The van der Waals surface area contributed by atoms with Crippen LogP contribution in [0.1, 0.15) is 19.8 Å². The maximum Gasteiger partial charge on any atom is 0.217 e. The lowest BCUT2D eigenvalue weighted by Crippen LogP contribution is -2.42. The molecule has 0 aliphatic heterocycles. The molecule has 1 amide bonds. The number of hydrogen-bond acceptors (Lipinski definition) is 4. The third-order valence-corrected chi connectivity index (χ3v) is 1.58. The van der Waals surface area contributed by atoms with Crippen molar-refractivity contribution < 1.29 is 14.7 Å². The number of carbonyl (C=O) groups excluding carboxylic acids is 2. The normalized spacial score (nSPS) is 12.2. The van der Waals surface area contributed by atoms with Crippen molar-refractivity contribution in [2.45, 2.75) is 25.8 Å². The Labute approximate surface area is 77.3 Å². The summed E-state index contributed by atoms with van der Waals surface area (Å²) in [5.41, 5.74) is 5.22. The Kier molecular flexibility index (Phi) is 6.09. The van der Waals surface area contributed by atoms with Crippen molar-refractivity contribution in [3.8, 4) is 0 Å². The Bertz CT molecular complexity index is 182. The fourth-order valence-corrected chi connectivity index (χ4v) is 0.924. The Morgan fingerprint density at radius 3 is 2.54 bits per heavy atom. The van der Waals surface area contributed by atoms with Gasteiger partial charge in [-0.25, -0.2) is 0 Å². The van der Waals surface area contributed by atoms with Gasteiger partial charge in [0.2, 0.25) is 5.91 Å². The van der Waals surface area contributed by atoms with Crippen LogP contribution in [0, 0.1) is 0 Å². The minimum atomic E-state index is -0.774. The number of Topliss-reactive ketones (excluding diaryl/α,β-unsaturated/α-hetero) is 1.